The third-order valence-corrected chi connectivity index (χ3v) is 4.65. The summed E-state index contributed by atoms with van der Waals surface area (Å²) >= 11 is 7.42. The number of rotatable bonds is 3. The second-order valence-electron chi connectivity index (χ2n) is 4.99. The van der Waals surface area contributed by atoms with Crippen molar-refractivity contribution in [2.75, 3.05) is 18.2 Å². The fraction of sp³-hybridized carbons (Fsp3) is 0.125. The quantitative estimate of drug-likeness (QED) is 0.747. The number of nitrogens with one attached hydrogen (secondary N) is 1. The Morgan fingerprint density at radius 2 is 2.13 bits per heavy atom. The van der Waals surface area contributed by atoms with Gasteiger partial charge in [0.15, 0.2) is 5.13 Å². The molecule has 0 unspecified atom stereocenters. The molecule has 0 saturated carbocycles. The highest BCUT2D eigenvalue weighted by Gasteiger charge is 2.13. The van der Waals surface area contributed by atoms with Crippen LogP contribution in [0.25, 0.3) is 10.2 Å². The molecule has 118 valence electrons. The lowest BCUT2D eigenvalue weighted by molar-refractivity contribution is 0.102. The van der Waals surface area contributed by atoms with Crippen molar-refractivity contribution in [3.63, 3.8) is 0 Å². The van der Waals surface area contributed by atoms with E-state index in [1.165, 1.54) is 18.4 Å². The number of hydrogen-bond acceptors (Lipinski definition) is 5. The Balaban J connectivity index is 1.92. The maximum Gasteiger partial charge on any atom is 0.255 e. The molecule has 0 bridgehead atoms. The van der Waals surface area contributed by atoms with Gasteiger partial charge >= 0.3 is 0 Å². The number of halogens is 1. The lowest BCUT2D eigenvalue weighted by Gasteiger charge is -2.12. The Labute approximate surface area is 142 Å². The lowest BCUT2D eigenvalue weighted by atomic mass is 10.1. The van der Waals surface area contributed by atoms with Crippen molar-refractivity contribution < 1.29 is 9.53 Å². The van der Waals surface area contributed by atoms with Crippen molar-refractivity contribution in [3.8, 4) is 5.75 Å². The fourth-order valence-corrected chi connectivity index (χ4v) is 3.14. The average Bonchev–Trinajstić information content (AvgIpc) is 2.89. The van der Waals surface area contributed by atoms with Crippen LogP contribution >= 0.6 is 22.9 Å². The van der Waals surface area contributed by atoms with Gasteiger partial charge in [-0.2, -0.15) is 0 Å². The SMILES string of the molecule is COc1cc(Cl)c(C)cc1NC(=O)c1ccc2nc(N)sc2c1. The van der Waals surface area contributed by atoms with Gasteiger partial charge in [0, 0.05) is 16.7 Å². The van der Waals surface area contributed by atoms with Crippen LogP contribution in [0.4, 0.5) is 10.8 Å². The summed E-state index contributed by atoms with van der Waals surface area (Å²) in [7, 11) is 1.53. The van der Waals surface area contributed by atoms with Crippen molar-refractivity contribution in [2.45, 2.75) is 6.92 Å². The van der Waals surface area contributed by atoms with Gasteiger partial charge in [-0.05, 0) is 36.8 Å². The number of nitrogen functional groups attached to an aromatic ring is 1. The van der Waals surface area contributed by atoms with Crippen LogP contribution < -0.4 is 15.8 Å². The minimum Gasteiger partial charge on any atom is -0.495 e. The largest absolute Gasteiger partial charge is 0.495 e. The summed E-state index contributed by atoms with van der Waals surface area (Å²) in [5.74, 6) is 0.274. The van der Waals surface area contributed by atoms with Gasteiger partial charge in [0.25, 0.3) is 5.91 Å². The van der Waals surface area contributed by atoms with E-state index in [0.29, 0.717) is 27.2 Å². The Hall–Kier alpha value is -2.31. The van der Waals surface area contributed by atoms with Crippen molar-refractivity contribution in [3.05, 3.63) is 46.5 Å². The molecule has 0 aliphatic rings. The lowest BCUT2D eigenvalue weighted by Crippen LogP contribution is -2.12. The number of carbonyl (C=O) groups excluding carboxylic acids is 1. The van der Waals surface area contributed by atoms with E-state index in [2.05, 4.69) is 10.3 Å². The Morgan fingerprint density at radius 1 is 1.35 bits per heavy atom. The number of hydrogen-bond donors (Lipinski definition) is 2. The molecule has 1 aromatic heterocycles. The predicted octanol–water partition coefficient (Wildman–Crippen LogP) is 4.10. The van der Waals surface area contributed by atoms with Gasteiger partial charge in [-0.25, -0.2) is 4.98 Å². The maximum absolute atomic E-state index is 12.5. The van der Waals surface area contributed by atoms with Gasteiger partial charge < -0.3 is 15.8 Å². The van der Waals surface area contributed by atoms with Crippen LogP contribution in [0.15, 0.2) is 30.3 Å². The molecule has 5 nitrogen and oxygen atoms in total. The molecule has 0 aliphatic carbocycles. The van der Waals surface area contributed by atoms with E-state index >= 15 is 0 Å². The van der Waals surface area contributed by atoms with Crippen LogP contribution in [0.3, 0.4) is 0 Å². The Morgan fingerprint density at radius 3 is 2.87 bits per heavy atom. The maximum atomic E-state index is 12.5. The number of thiazole rings is 1. The molecule has 1 amide bonds. The summed E-state index contributed by atoms with van der Waals surface area (Å²) in [4.78, 5) is 16.7. The zero-order valence-corrected chi connectivity index (χ0v) is 14.1. The molecule has 0 atom stereocenters. The number of aryl methyl sites for hydroxylation is 1. The number of carbonyl (C=O) groups is 1. The van der Waals surface area contributed by atoms with Crippen LogP contribution in [0, 0.1) is 6.92 Å². The van der Waals surface area contributed by atoms with E-state index in [1.807, 2.05) is 6.92 Å². The standard InChI is InChI=1S/C16H14ClN3O2S/c1-8-5-12(13(22-2)7-10(8)17)19-15(21)9-3-4-11-14(6-9)23-16(18)20-11/h3-7H,1-2H3,(H2,18,20)(H,19,21). The summed E-state index contributed by atoms with van der Waals surface area (Å²) in [5.41, 5.74) is 8.42. The number of aromatic nitrogens is 1. The summed E-state index contributed by atoms with van der Waals surface area (Å²) in [6.45, 7) is 1.86. The van der Waals surface area contributed by atoms with E-state index in [9.17, 15) is 4.79 Å². The van der Waals surface area contributed by atoms with Crippen LogP contribution in [-0.4, -0.2) is 18.0 Å². The van der Waals surface area contributed by atoms with Gasteiger partial charge in [0.05, 0.1) is 23.0 Å². The molecule has 2 aromatic carbocycles. The topological polar surface area (TPSA) is 77.2 Å². The van der Waals surface area contributed by atoms with Gasteiger partial charge in [0.2, 0.25) is 0 Å². The number of methoxy groups -OCH3 is 1. The van der Waals surface area contributed by atoms with Crippen molar-refractivity contribution >= 4 is 49.9 Å². The van der Waals surface area contributed by atoms with Crippen molar-refractivity contribution in [1.82, 2.24) is 4.98 Å². The molecule has 0 radical (unpaired) electrons. The van der Waals surface area contributed by atoms with E-state index in [1.54, 1.807) is 30.3 Å². The fourth-order valence-electron chi connectivity index (χ4n) is 2.21. The molecule has 1 heterocycles. The molecule has 3 N–H and O–H groups in total. The second-order valence-corrected chi connectivity index (χ2v) is 6.46. The van der Waals surface area contributed by atoms with E-state index in [-0.39, 0.29) is 5.91 Å². The highest BCUT2D eigenvalue weighted by atomic mass is 35.5. The van der Waals surface area contributed by atoms with E-state index in [0.717, 1.165) is 15.8 Å². The average molecular weight is 348 g/mol. The number of fused-ring (bicyclic) bond motifs is 1. The number of nitrogens with zero attached hydrogens (tertiary/aromatic N) is 1. The first-order chi connectivity index (χ1) is 11.0. The molecular formula is C16H14ClN3O2S. The van der Waals surface area contributed by atoms with Gasteiger partial charge in [-0.1, -0.05) is 22.9 Å². The number of nitrogens with two attached hydrogens (primary N) is 1. The van der Waals surface area contributed by atoms with Gasteiger partial charge in [0.1, 0.15) is 5.75 Å². The summed E-state index contributed by atoms with van der Waals surface area (Å²) in [6.07, 6.45) is 0. The summed E-state index contributed by atoms with van der Waals surface area (Å²) < 4.78 is 6.14. The predicted molar refractivity (Wildman–Crippen MR) is 94.7 cm³/mol. The highest BCUT2D eigenvalue weighted by molar-refractivity contribution is 7.22. The second kappa shape index (κ2) is 6.06. The minimum absolute atomic E-state index is 0.237. The molecular weight excluding hydrogens is 334 g/mol. The molecule has 0 fully saturated rings. The molecule has 7 heteroatoms. The normalized spacial score (nSPS) is 10.7. The number of ether oxygens (including phenoxy) is 1. The molecule has 3 aromatic rings. The third kappa shape index (κ3) is 3.09. The summed E-state index contributed by atoms with van der Waals surface area (Å²) in [5, 5.41) is 3.91. The first kappa shape index (κ1) is 15.6. The molecule has 23 heavy (non-hydrogen) atoms. The first-order valence-electron chi connectivity index (χ1n) is 6.79. The Bertz CT molecular complexity index is 908. The van der Waals surface area contributed by atoms with E-state index < -0.39 is 0 Å². The molecule has 0 saturated heterocycles. The number of anilines is 2. The number of benzene rings is 2. The highest BCUT2D eigenvalue weighted by Crippen LogP contribution is 2.31. The Kier molecular flexibility index (Phi) is 4.11. The van der Waals surface area contributed by atoms with Crippen LogP contribution in [-0.2, 0) is 0 Å². The zero-order chi connectivity index (χ0) is 16.6. The van der Waals surface area contributed by atoms with Crippen LogP contribution in [0.1, 0.15) is 15.9 Å². The minimum atomic E-state index is -0.237. The van der Waals surface area contributed by atoms with Crippen LogP contribution in [0.2, 0.25) is 5.02 Å². The molecule has 0 aliphatic heterocycles. The summed E-state index contributed by atoms with van der Waals surface area (Å²) in [6, 6.07) is 8.73. The smallest absolute Gasteiger partial charge is 0.255 e. The van der Waals surface area contributed by atoms with Gasteiger partial charge in [-0.3, -0.25) is 4.79 Å². The van der Waals surface area contributed by atoms with Gasteiger partial charge in [-0.15, -0.1) is 0 Å². The van der Waals surface area contributed by atoms with E-state index in [4.69, 9.17) is 22.1 Å². The van der Waals surface area contributed by atoms with Crippen LogP contribution in [0.5, 0.6) is 5.75 Å². The third-order valence-electron chi connectivity index (χ3n) is 3.40. The first-order valence-corrected chi connectivity index (χ1v) is 7.99. The molecule has 0 spiro atoms. The monoisotopic (exact) mass is 347 g/mol. The van der Waals surface area contributed by atoms with Crippen molar-refractivity contribution in [1.29, 1.82) is 0 Å². The van der Waals surface area contributed by atoms with Crippen molar-refractivity contribution in [2.24, 2.45) is 0 Å². The zero-order valence-electron chi connectivity index (χ0n) is 12.5. The molecule has 3 rings (SSSR count). The number of amides is 1.